The lowest BCUT2D eigenvalue weighted by molar-refractivity contribution is 0.107. The Kier molecular flexibility index (Phi) is 6.73. The van der Waals surface area contributed by atoms with Gasteiger partial charge in [-0.05, 0) is 73.9 Å². The van der Waals surface area contributed by atoms with Crippen LogP contribution in [-0.2, 0) is 0 Å². The minimum atomic E-state index is -0.921. The molecule has 3 fully saturated rings. The molecule has 10 heteroatoms. The molecular weight excluding hydrogens is 557 g/mol. The second-order valence-electron chi connectivity index (χ2n) is 11.8. The summed E-state index contributed by atoms with van der Waals surface area (Å²) in [7, 11) is 1.66. The van der Waals surface area contributed by atoms with Crippen LogP contribution in [0.4, 0.5) is 19.0 Å². The van der Waals surface area contributed by atoms with Gasteiger partial charge in [0.1, 0.15) is 41.4 Å². The third-order valence-electron chi connectivity index (χ3n) is 9.15. The Morgan fingerprint density at radius 3 is 2.72 bits per heavy atom. The van der Waals surface area contributed by atoms with Crippen LogP contribution in [-0.4, -0.2) is 64.5 Å². The molecule has 1 aliphatic carbocycles. The molecule has 2 aliphatic heterocycles. The first-order chi connectivity index (χ1) is 20.8. The normalized spacial score (nSPS) is 22.0. The molecule has 2 atom stereocenters. The number of halogens is 3. The Morgan fingerprint density at radius 2 is 1.98 bits per heavy atom. The summed E-state index contributed by atoms with van der Waals surface area (Å²) < 4.78 is 58.4. The number of rotatable bonds is 7. The monoisotopic (exact) mass is 588 g/mol. The Hall–Kier alpha value is -4.23. The van der Waals surface area contributed by atoms with Gasteiger partial charge < -0.3 is 19.9 Å². The van der Waals surface area contributed by atoms with Gasteiger partial charge in [0.2, 0.25) is 0 Å². The quantitative estimate of drug-likeness (QED) is 0.244. The van der Waals surface area contributed by atoms with Crippen LogP contribution in [0.5, 0.6) is 17.5 Å². The molecule has 0 radical (unpaired) electrons. The molecule has 222 valence electrons. The number of anilines is 1. The van der Waals surface area contributed by atoms with E-state index in [0.717, 1.165) is 38.6 Å². The van der Waals surface area contributed by atoms with Gasteiger partial charge in [0.15, 0.2) is 5.82 Å². The topological polar surface area (TPSA) is 79.7 Å². The van der Waals surface area contributed by atoms with Gasteiger partial charge in [0.25, 0.3) is 0 Å². The summed E-state index contributed by atoms with van der Waals surface area (Å²) in [4.78, 5) is 11.2. The minimum absolute atomic E-state index is 0.0353. The molecule has 7 nitrogen and oxygen atoms in total. The largest absolute Gasteiger partial charge is 0.508 e. The smallest absolute Gasteiger partial charge is 0.319 e. The second-order valence-corrected chi connectivity index (χ2v) is 11.8. The van der Waals surface area contributed by atoms with Crippen LogP contribution < -0.4 is 14.8 Å². The summed E-state index contributed by atoms with van der Waals surface area (Å²) in [5.74, 6) is 1.54. The van der Waals surface area contributed by atoms with Crippen molar-refractivity contribution in [3.63, 3.8) is 0 Å². The lowest BCUT2D eigenvalue weighted by atomic mass is 9.92. The Balaban J connectivity index is 1.41. The number of fused-ring (bicyclic) bond motifs is 3. The van der Waals surface area contributed by atoms with Crippen LogP contribution in [0.2, 0.25) is 0 Å². The van der Waals surface area contributed by atoms with E-state index in [4.69, 9.17) is 15.9 Å². The summed E-state index contributed by atoms with van der Waals surface area (Å²) in [5, 5.41) is 14.7. The maximum absolute atomic E-state index is 16.8. The second kappa shape index (κ2) is 10.5. The molecule has 0 spiro atoms. The lowest BCUT2D eigenvalue weighted by Crippen LogP contribution is -2.43. The van der Waals surface area contributed by atoms with Crippen molar-refractivity contribution in [1.82, 2.24) is 14.9 Å². The number of hydrogen-bond donors (Lipinski definition) is 2. The summed E-state index contributed by atoms with van der Waals surface area (Å²) in [6, 6.07) is 7.01. The molecule has 1 saturated carbocycles. The van der Waals surface area contributed by atoms with Gasteiger partial charge in [0.05, 0.1) is 22.6 Å². The summed E-state index contributed by atoms with van der Waals surface area (Å²) in [6.45, 7) is 1.36. The highest BCUT2D eigenvalue weighted by molar-refractivity contribution is 6.05. The van der Waals surface area contributed by atoms with E-state index >= 15 is 4.39 Å². The van der Waals surface area contributed by atoms with Gasteiger partial charge in [-0.1, -0.05) is 12.0 Å². The number of aromatic hydroxyl groups is 1. The fourth-order valence-corrected chi connectivity index (χ4v) is 6.86. The number of hydrogen-bond acceptors (Lipinski definition) is 7. The average molecular weight is 589 g/mol. The number of nitrogens with one attached hydrogen (secondary N) is 1. The maximum atomic E-state index is 16.8. The third-order valence-corrected chi connectivity index (χ3v) is 9.15. The highest BCUT2D eigenvalue weighted by atomic mass is 19.1. The van der Waals surface area contributed by atoms with Crippen molar-refractivity contribution in [3.05, 3.63) is 47.5 Å². The average Bonchev–Trinajstić information content (AvgIpc) is 3.50. The maximum Gasteiger partial charge on any atom is 0.319 e. The predicted octanol–water partition coefficient (Wildman–Crippen LogP) is 6.34. The van der Waals surface area contributed by atoms with Crippen LogP contribution in [0.3, 0.4) is 0 Å². The minimum Gasteiger partial charge on any atom is -0.508 e. The van der Waals surface area contributed by atoms with Crippen LogP contribution in [0, 0.1) is 24.0 Å². The first-order valence-electron chi connectivity index (χ1n) is 14.6. The van der Waals surface area contributed by atoms with E-state index in [0.29, 0.717) is 35.3 Å². The van der Waals surface area contributed by atoms with Crippen LogP contribution in [0.1, 0.15) is 44.1 Å². The molecule has 3 aromatic carbocycles. The fraction of sp³-hybridized carbons (Fsp3) is 0.394. The first-order valence-corrected chi connectivity index (χ1v) is 14.6. The Labute approximate surface area is 247 Å². The van der Waals surface area contributed by atoms with E-state index in [9.17, 15) is 13.9 Å². The number of ether oxygens (including phenoxy) is 2. The predicted molar refractivity (Wildman–Crippen MR) is 158 cm³/mol. The summed E-state index contributed by atoms with van der Waals surface area (Å²) in [6.07, 6.45) is 9.55. The third kappa shape index (κ3) is 4.58. The Morgan fingerprint density at radius 1 is 1.14 bits per heavy atom. The lowest BCUT2D eigenvalue weighted by Gasteiger charge is -2.31. The van der Waals surface area contributed by atoms with Gasteiger partial charge in [-0.2, -0.15) is 9.97 Å². The van der Waals surface area contributed by atoms with E-state index < -0.39 is 23.3 Å². The SMILES string of the molecule is C#Cc1c(F)ccc2cc(O)cc(-c3cc(OC4CCC4)c4c(NC)nc(OC[C@@]56CCCN5C[C@H](F)C6)nc4c3F)c12. The molecule has 43 heavy (non-hydrogen) atoms. The molecule has 0 amide bonds. The van der Waals surface area contributed by atoms with E-state index in [1.165, 1.54) is 30.3 Å². The Bertz CT molecular complexity index is 1810. The van der Waals surface area contributed by atoms with Crippen LogP contribution >= 0.6 is 0 Å². The molecular formula is C33H31F3N4O3. The van der Waals surface area contributed by atoms with Gasteiger partial charge >= 0.3 is 6.01 Å². The highest BCUT2D eigenvalue weighted by Gasteiger charge is 2.49. The molecule has 2 saturated heterocycles. The van der Waals surface area contributed by atoms with Crippen molar-refractivity contribution < 1.29 is 27.8 Å². The van der Waals surface area contributed by atoms with E-state index in [1.54, 1.807) is 7.05 Å². The number of benzene rings is 3. The zero-order valence-corrected chi connectivity index (χ0v) is 23.7. The van der Waals surface area contributed by atoms with E-state index in [1.807, 2.05) is 0 Å². The molecule has 2 N–H and O–H groups in total. The zero-order valence-electron chi connectivity index (χ0n) is 23.7. The van der Waals surface area contributed by atoms with Crippen molar-refractivity contribution in [2.24, 2.45) is 0 Å². The number of nitrogens with zero attached hydrogens (tertiary/aromatic N) is 3. The summed E-state index contributed by atoms with van der Waals surface area (Å²) in [5.41, 5.74) is -0.306. The number of aromatic nitrogens is 2. The van der Waals surface area contributed by atoms with Crippen LogP contribution in [0.25, 0.3) is 32.8 Å². The molecule has 0 unspecified atom stereocenters. The number of terminal acetylenes is 1. The van der Waals surface area contributed by atoms with Crippen molar-refractivity contribution in [1.29, 1.82) is 0 Å². The van der Waals surface area contributed by atoms with E-state index in [-0.39, 0.29) is 52.1 Å². The molecule has 7 rings (SSSR count). The van der Waals surface area contributed by atoms with Gasteiger partial charge in [-0.25, -0.2) is 13.2 Å². The van der Waals surface area contributed by atoms with Crippen molar-refractivity contribution >= 4 is 27.5 Å². The fourth-order valence-electron chi connectivity index (χ4n) is 6.86. The van der Waals surface area contributed by atoms with Crippen molar-refractivity contribution in [2.45, 2.75) is 56.3 Å². The molecule has 3 heterocycles. The summed E-state index contributed by atoms with van der Waals surface area (Å²) >= 11 is 0. The molecule has 4 aromatic rings. The zero-order chi connectivity index (χ0) is 29.9. The molecule has 3 aliphatic rings. The first kappa shape index (κ1) is 27.6. The number of phenols is 1. The van der Waals surface area contributed by atoms with Crippen molar-refractivity contribution in [3.8, 4) is 41.0 Å². The molecule has 1 aromatic heterocycles. The van der Waals surface area contributed by atoms with Gasteiger partial charge in [-0.3, -0.25) is 4.90 Å². The standard InChI is InChI=1S/C33H31F3N4O3/c1-3-22-25(35)9-8-18-12-20(41)13-23(27(18)22)24-14-26(43-21-6-4-7-21)28-30(29(24)36)38-32(39-31(28)37-2)42-17-33-10-5-11-40(33)16-19(34)15-33/h1,8-9,12-14,19,21,41H,4-7,10-11,15-17H2,2H3,(H,37,38,39)/t19-,33+/m1/s1. The van der Waals surface area contributed by atoms with E-state index in [2.05, 4.69) is 26.1 Å². The van der Waals surface area contributed by atoms with Crippen LogP contribution in [0.15, 0.2) is 30.3 Å². The van der Waals surface area contributed by atoms with Crippen molar-refractivity contribution in [2.75, 3.05) is 32.1 Å². The number of alkyl halides is 1. The molecule has 0 bridgehead atoms. The number of phenolic OH excluding ortho intramolecular Hbond substituents is 1. The van der Waals surface area contributed by atoms with Gasteiger partial charge in [-0.15, -0.1) is 6.42 Å². The van der Waals surface area contributed by atoms with Gasteiger partial charge in [0, 0.05) is 31.0 Å². The highest BCUT2D eigenvalue weighted by Crippen LogP contribution is 2.45.